The third-order valence-corrected chi connectivity index (χ3v) is 5.65. The minimum absolute atomic E-state index is 0.0892. The highest BCUT2D eigenvalue weighted by Crippen LogP contribution is 2.38. The maximum atomic E-state index is 11.8. The van der Waals surface area contributed by atoms with Gasteiger partial charge in [0.2, 0.25) is 0 Å². The molecule has 1 unspecified atom stereocenters. The van der Waals surface area contributed by atoms with Crippen molar-refractivity contribution < 1.29 is 13.2 Å². The lowest BCUT2D eigenvalue weighted by Gasteiger charge is -2.37. The Bertz CT molecular complexity index is 327. The van der Waals surface area contributed by atoms with Crippen LogP contribution >= 0.6 is 0 Å². The summed E-state index contributed by atoms with van der Waals surface area (Å²) in [6, 6.07) is 0. The molecule has 0 aromatic rings. The average molecular weight is 218 g/mol. The van der Waals surface area contributed by atoms with Gasteiger partial charge in [-0.1, -0.05) is 20.8 Å². The van der Waals surface area contributed by atoms with Crippen molar-refractivity contribution in [1.82, 2.24) is 0 Å². The monoisotopic (exact) mass is 218 g/mol. The van der Waals surface area contributed by atoms with E-state index < -0.39 is 15.1 Å². The molecule has 0 aromatic heterocycles. The van der Waals surface area contributed by atoms with Gasteiger partial charge in [0.05, 0.1) is 5.25 Å². The van der Waals surface area contributed by atoms with Crippen LogP contribution in [0.15, 0.2) is 0 Å². The predicted octanol–water partition coefficient (Wildman–Crippen LogP) is 1.57. The standard InChI is InChI=1S/C10H18O3S/c1-4-14(12,13)9-7-8(11)5-6-10(9,2)3/h9H,4-7H2,1-3H3. The smallest absolute Gasteiger partial charge is 0.153 e. The molecule has 1 fully saturated rings. The van der Waals surface area contributed by atoms with Crippen LogP contribution in [0.25, 0.3) is 0 Å². The molecule has 0 aliphatic heterocycles. The SMILES string of the molecule is CCS(=O)(=O)C1CC(=O)CCC1(C)C. The highest BCUT2D eigenvalue weighted by atomic mass is 32.2. The van der Waals surface area contributed by atoms with E-state index in [0.29, 0.717) is 12.8 Å². The molecule has 1 aliphatic carbocycles. The summed E-state index contributed by atoms with van der Waals surface area (Å²) in [5, 5.41) is -0.471. The van der Waals surface area contributed by atoms with E-state index in [-0.39, 0.29) is 23.4 Å². The van der Waals surface area contributed by atoms with Gasteiger partial charge in [0, 0.05) is 18.6 Å². The van der Waals surface area contributed by atoms with Crippen molar-refractivity contribution in [2.45, 2.75) is 45.3 Å². The molecule has 0 aromatic carbocycles. The van der Waals surface area contributed by atoms with Crippen LogP contribution < -0.4 is 0 Å². The Kier molecular flexibility index (Phi) is 3.04. The zero-order valence-electron chi connectivity index (χ0n) is 9.04. The van der Waals surface area contributed by atoms with Gasteiger partial charge in [-0.15, -0.1) is 0 Å². The molecule has 14 heavy (non-hydrogen) atoms. The number of carbonyl (C=O) groups is 1. The molecule has 1 atom stereocenters. The highest BCUT2D eigenvalue weighted by molar-refractivity contribution is 7.92. The van der Waals surface area contributed by atoms with Crippen molar-refractivity contribution in [2.75, 3.05) is 5.75 Å². The van der Waals surface area contributed by atoms with Gasteiger partial charge < -0.3 is 0 Å². The van der Waals surface area contributed by atoms with Crippen molar-refractivity contribution >= 4 is 15.6 Å². The number of ketones is 1. The van der Waals surface area contributed by atoms with Crippen molar-refractivity contribution in [3.05, 3.63) is 0 Å². The molecule has 1 aliphatic rings. The van der Waals surface area contributed by atoms with Gasteiger partial charge >= 0.3 is 0 Å². The fourth-order valence-corrected chi connectivity index (χ4v) is 3.95. The first-order valence-electron chi connectivity index (χ1n) is 5.03. The Morgan fingerprint density at radius 3 is 2.50 bits per heavy atom. The van der Waals surface area contributed by atoms with Gasteiger partial charge in [0.25, 0.3) is 0 Å². The van der Waals surface area contributed by atoms with Gasteiger partial charge in [-0.05, 0) is 11.8 Å². The average Bonchev–Trinajstić information content (AvgIpc) is 2.09. The van der Waals surface area contributed by atoms with Crippen molar-refractivity contribution in [3.8, 4) is 0 Å². The van der Waals surface area contributed by atoms with Crippen LogP contribution in [-0.4, -0.2) is 25.2 Å². The van der Waals surface area contributed by atoms with E-state index in [1.54, 1.807) is 6.92 Å². The van der Waals surface area contributed by atoms with E-state index >= 15 is 0 Å². The molecule has 0 radical (unpaired) electrons. The van der Waals surface area contributed by atoms with Crippen LogP contribution in [0.1, 0.15) is 40.0 Å². The van der Waals surface area contributed by atoms with Crippen LogP contribution in [0, 0.1) is 5.41 Å². The second kappa shape index (κ2) is 3.65. The summed E-state index contributed by atoms with van der Waals surface area (Å²) in [5.41, 5.74) is -0.247. The second-order valence-electron chi connectivity index (χ2n) is 4.67. The van der Waals surface area contributed by atoms with Crippen LogP contribution in [0.2, 0.25) is 0 Å². The number of hydrogen-bond donors (Lipinski definition) is 0. The Balaban J connectivity index is 2.99. The molecule has 1 saturated carbocycles. The lowest BCUT2D eigenvalue weighted by atomic mass is 9.76. The van der Waals surface area contributed by atoms with E-state index in [1.807, 2.05) is 13.8 Å². The largest absolute Gasteiger partial charge is 0.300 e. The zero-order valence-corrected chi connectivity index (χ0v) is 9.86. The summed E-state index contributed by atoms with van der Waals surface area (Å²) >= 11 is 0. The van der Waals surface area contributed by atoms with Gasteiger partial charge in [-0.2, -0.15) is 0 Å². The van der Waals surface area contributed by atoms with E-state index in [0.717, 1.165) is 0 Å². The van der Waals surface area contributed by atoms with E-state index in [9.17, 15) is 13.2 Å². The molecule has 0 saturated heterocycles. The molecule has 4 heteroatoms. The molecule has 0 amide bonds. The summed E-state index contributed by atoms with van der Waals surface area (Å²) in [6.07, 6.45) is 1.43. The third-order valence-electron chi connectivity index (χ3n) is 3.17. The quantitative estimate of drug-likeness (QED) is 0.707. The van der Waals surface area contributed by atoms with Gasteiger partial charge in [0.1, 0.15) is 5.78 Å². The number of sulfone groups is 1. The Morgan fingerprint density at radius 2 is 2.00 bits per heavy atom. The molecular formula is C10H18O3S. The van der Waals surface area contributed by atoms with Crippen molar-refractivity contribution in [3.63, 3.8) is 0 Å². The first-order chi connectivity index (χ1) is 6.29. The second-order valence-corrected chi connectivity index (χ2v) is 7.14. The molecule has 0 heterocycles. The zero-order chi connectivity index (χ0) is 11.0. The first kappa shape index (κ1) is 11.7. The third kappa shape index (κ3) is 2.16. The summed E-state index contributed by atoms with van der Waals surface area (Å²) in [6.45, 7) is 5.53. The van der Waals surface area contributed by atoms with E-state index in [2.05, 4.69) is 0 Å². The minimum atomic E-state index is -3.08. The van der Waals surface area contributed by atoms with Gasteiger partial charge in [-0.25, -0.2) is 8.42 Å². The minimum Gasteiger partial charge on any atom is -0.300 e. The summed E-state index contributed by atoms with van der Waals surface area (Å²) < 4.78 is 23.5. The highest BCUT2D eigenvalue weighted by Gasteiger charge is 2.42. The molecular weight excluding hydrogens is 200 g/mol. The summed E-state index contributed by atoms with van der Waals surface area (Å²) in [4.78, 5) is 11.3. The number of rotatable bonds is 2. The van der Waals surface area contributed by atoms with Gasteiger partial charge in [0.15, 0.2) is 9.84 Å². The van der Waals surface area contributed by atoms with E-state index in [1.165, 1.54) is 0 Å². The summed E-state index contributed by atoms with van der Waals surface area (Å²) in [5.74, 6) is 0.223. The molecule has 1 rings (SSSR count). The fraction of sp³-hybridized carbons (Fsp3) is 0.900. The summed E-state index contributed by atoms with van der Waals surface area (Å²) in [7, 11) is -3.08. The topological polar surface area (TPSA) is 51.2 Å². The number of carbonyl (C=O) groups excluding carboxylic acids is 1. The Hall–Kier alpha value is -0.380. The number of Topliss-reactive ketones (excluding diaryl/α,β-unsaturated/α-hetero) is 1. The van der Waals surface area contributed by atoms with Crippen LogP contribution in [0.5, 0.6) is 0 Å². The van der Waals surface area contributed by atoms with E-state index in [4.69, 9.17) is 0 Å². The Morgan fingerprint density at radius 1 is 1.43 bits per heavy atom. The molecule has 0 spiro atoms. The van der Waals surface area contributed by atoms with Crippen molar-refractivity contribution in [1.29, 1.82) is 0 Å². The predicted molar refractivity (Wildman–Crippen MR) is 55.9 cm³/mol. The van der Waals surface area contributed by atoms with Gasteiger partial charge in [-0.3, -0.25) is 4.79 Å². The molecule has 0 N–H and O–H groups in total. The molecule has 0 bridgehead atoms. The van der Waals surface area contributed by atoms with Crippen LogP contribution in [0.3, 0.4) is 0 Å². The van der Waals surface area contributed by atoms with Crippen LogP contribution in [0.4, 0.5) is 0 Å². The first-order valence-corrected chi connectivity index (χ1v) is 6.74. The lowest BCUT2D eigenvalue weighted by Crippen LogP contribution is -2.42. The molecule has 82 valence electrons. The number of hydrogen-bond acceptors (Lipinski definition) is 3. The maximum Gasteiger partial charge on any atom is 0.153 e. The Labute approximate surface area is 85.8 Å². The fourth-order valence-electron chi connectivity index (χ4n) is 2.02. The normalized spacial score (nSPS) is 27.6. The maximum absolute atomic E-state index is 11.8. The lowest BCUT2D eigenvalue weighted by molar-refractivity contribution is -0.121. The molecule has 3 nitrogen and oxygen atoms in total. The van der Waals surface area contributed by atoms with Crippen molar-refractivity contribution in [2.24, 2.45) is 5.41 Å². The van der Waals surface area contributed by atoms with Crippen LogP contribution in [-0.2, 0) is 14.6 Å².